The Morgan fingerprint density at radius 2 is 1.83 bits per heavy atom. The highest BCUT2D eigenvalue weighted by atomic mass is 32.2. The van der Waals surface area contributed by atoms with Crippen LogP contribution in [0.1, 0.15) is 37.7 Å². The molecule has 1 heterocycles. The maximum atomic E-state index is 12.6. The number of sulfonamides is 1. The van der Waals surface area contributed by atoms with Crippen molar-refractivity contribution in [2.45, 2.75) is 32.1 Å². The van der Waals surface area contributed by atoms with Gasteiger partial charge in [0.1, 0.15) is 5.69 Å². The van der Waals surface area contributed by atoms with Gasteiger partial charge in [0.05, 0.1) is 4.90 Å². The topological polar surface area (TPSA) is 71.4 Å². The van der Waals surface area contributed by atoms with Crippen molar-refractivity contribution in [3.8, 4) is 0 Å². The molecule has 0 fully saturated rings. The molecule has 0 saturated heterocycles. The number of aryl methyl sites for hydroxylation is 1. The highest BCUT2D eigenvalue weighted by Gasteiger charge is 2.22. The minimum absolute atomic E-state index is 0.149. The predicted octanol–water partition coefficient (Wildman–Crippen LogP) is 2.35. The molecule has 0 aliphatic carbocycles. The second kappa shape index (κ2) is 7.36. The molecule has 7 heteroatoms. The van der Waals surface area contributed by atoms with Gasteiger partial charge >= 0.3 is 0 Å². The van der Waals surface area contributed by atoms with Gasteiger partial charge in [-0.2, -0.15) is 4.31 Å². The molecule has 0 unspecified atom stereocenters. The summed E-state index contributed by atoms with van der Waals surface area (Å²) < 4.78 is 28.5. The zero-order valence-corrected chi connectivity index (χ0v) is 15.5. The number of nitrogens with zero attached hydrogens (tertiary/aromatic N) is 2. The number of fused-ring (bicyclic) bond motifs is 1. The zero-order chi connectivity index (χ0) is 17.9. The molecule has 2 aromatic rings. The third-order valence-corrected chi connectivity index (χ3v) is 6.17. The molecule has 1 aromatic heterocycles. The van der Waals surface area contributed by atoms with Crippen LogP contribution in [0.3, 0.4) is 0 Å². The van der Waals surface area contributed by atoms with Crippen LogP contribution >= 0.6 is 0 Å². The van der Waals surface area contributed by atoms with Gasteiger partial charge in [0.2, 0.25) is 10.0 Å². The van der Waals surface area contributed by atoms with Crippen molar-refractivity contribution >= 4 is 26.8 Å². The SMILES string of the molecule is CCCNC(=O)c1cc2cc(S(=O)(=O)N(CC)CC)ccc2n1C. The fourth-order valence-electron chi connectivity index (χ4n) is 2.75. The van der Waals surface area contributed by atoms with Crippen molar-refractivity contribution in [3.05, 3.63) is 30.0 Å². The van der Waals surface area contributed by atoms with E-state index in [9.17, 15) is 13.2 Å². The van der Waals surface area contributed by atoms with Gasteiger partial charge in [-0.3, -0.25) is 4.79 Å². The van der Waals surface area contributed by atoms with E-state index in [0.717, 1.165) is 17.3 Å². The molecule has 0 bridgehead atoms. The first kappa shape index (κ1) is 18.5. The Morgan fingerprint density at radius 3 is 2.42 bits per heavy atom. The second-order valence-electron chi connectivity index (χ2n) is 5.65. The van der Waals surface area contributed by atoms with Gasteiger partial charge in [0.15, 0.2) is 0 Å². The molecule has 0 saturated carbocycles. The fraction of sp³-hybridized carbons (Fsp3) is 0.471. The highest BCUT2D eigenvalue weighted by molar-refractivity contribution is 7.89. The lowest BCUT2D eigenvalue weighted by Crippen LogP contribution is -2.30. The first-order valence-electron chi connectivity index (χ1n) is 8.24. The van der Waals surface area contributed by atoms with Gasteiger partial charge in [-0.1, -0.05) is 20.8 Å². The van der Waals surface area contributed by atoms with Crippen LogP contribution < -0.4 is 5.32 Å². The fourth-order valence-corrected chi connectivity index (χ4v) is 4.24. The Morgan fingerprint density at radius 1 is 1.17 bits per heavy atom. The van der Waals surface area contributed by atoms with Crippen LogP contribution in [0.2, 0.25) is 0 Å². The maximum Gasteiger partial charge on any atom is 0.267 e. The molecular weight excluding hydrogens is 326 g/mol. The third-order valence-electron chi connectivity index (χ3n) is 4.13. The predicted molar refractivity (Wildman–Crippen MR) is 95.7 cm³/mol. The number of benzene rings is 1. The van der Waals surface area contributed by atoms with Crippen LogP contribution in [0.4, 0.5) is 0 Å². The summed E-state index contributed by atoms with van der Waals surface area (Å²) in [6, 6.07) is 6.73. The molecule has 0 radical (unpaired) electrons. The minimum Gasteiger partial charge on any atom is -0.351 e. The first-order chi connectivity index (χ1) is 11.4. The monoisotopic (exact) mass is 351 g/mol. The molecule has 2 rings (SSSR count). The Hall–Kier alpha value is -1.86. The molecular formula is C17H25N3O3S. The molecule has 0 aliphatic heterocycles. The zero-order valence-electron chi connectivity index (χ0n) is 14.7. The maximum absolute atomic E-state index is 12.6. The molecule has 0 spiro atoms. The van der Waals surface area contributed by atoms with Crippen molar-refractivity contribution < 1.29 is 13.2 Å². The lowest BCUT2D eigenvalue weighted by Gasteiger charge is -2.18. The average molecular weight is 351 g/mol. The van der Waals surface area contributed by atoms with E-state index in [1.807, 2.05) is 27.8 Å². The van der Waals surface area contributed by atoms with E-state index < -0.39 is 10.0 Å². The molecule has 132 valence electrons. The summed E-state index contributed by atoms with van der Waals surface area (Å²) in [5.41, 5.74) is 1.35. The van der Waals surface area contributed by atoms with Gasteiger partial charge in [-0.15, -0.1) is 0 Å². The van der Waals surface area contributed by atoms with E-state index >= 15 is 0 Å². The van der Waals surface area contributed by atoms with Gasteiger partial charge < -0.3 is 9.88 Å². The smallest absolute Gasteiger partial charge is 0.267 e. The van der Waals surface area contributed by atoms with Crippen LogP contribution in [0.15, 0.2) is 29.2 Å². The van der Waals surface area contributed by atoms with E-state index in [2.05, 4.69) is 5.32 Å². The molecule has 1 aromatic carbocycles. The van der Waals surface area contributed by atoms with E-state index in [1.54, 1.807) is 28.8 Å². The van der Waals surface area contributed by atoms with Crippen LogP contribution in [0, 0.1) is 0 Å². The summed E-state index contributed by atoms with van der Waals surface area (Å²) in [5, 5.41) is 3.59. The van der Waals surface area contributed by atoms with Crippen molar-refractivity contribution in [3.63, 3.8) is 0 Å². The van der Waals surface area contributed by atoms with Gasteiger partial charge in [-0.05, 0) is 30.7 Å². The van der Waals surface area contributed by atoms with Crippen molar-refractivity contribution in [2.75, 3.05) is 19.6 Å². The van der Waals surface area contributed by atoms with E-state index in [-0.39, 0.29) is 10.8 Å². The molecule has 24 heavy (non-hydrogen) atoms. The van der Waals surface area contributed by atoms with Crippen molar-refractivity contribution in [1.82, 2.24) is 14.2 Å². The van der Waals surface area contributed by atoms with E-state index in [4.69, 9.17) is 0 Å². The minimum atomic E-state index is -3.51. The Bertz CT molecular complexity index is 836. The molecule has 1 amide bonds. The number of rotatable bonds is 7. The van der Waals surface area contributed by atoms with Gasteiger partial charge in [-0.25, -0.2) is 8.42 Å². The lowest BCUT2D eigenvalue weighted by molar-refractivity contribution is 0.0946. The largest absolute Gasteiger partial charge is 0.351 e. The Balaban J connectivity index is 2.47. The lowest BCUT2D eigenvalue weighted by atomic mass is 10.2. The highest BCUT2D eigenvalue weighted by Crippen LogP contribution is 2.24. The second-order valence-corrected chi connectivity index (χ2v) is 7.59. The molecule has 6 nitrogen and oxygen atoms in total. The van der Waals surface area contributed by atoms with E-state index in [1.165, 1.54) is 4.31 Å². The summed E-state index contributed by atoms with van der Waals surface area (Å²) in [6.45, 7) is 7.09. The summed E-state index contributed by atoms with van der Waals surface area (Å²) in [6.07, 6.45) is 0.863. The Labute approximate surface area is 143 Å². The number of carbonyl (C=O) groups excluding carboxylic acids is 1. The van der Waals surface area contributed by atoms with Crippen LogP contribution in [-0.2, 0) is 17.1 Å². The summed E-state index contributed by atoms with van der Waals surface area (Å²) >= 11 is 0. The van der Waals surface area contributed by atoms with Crippen molar-refractivity contribution in [2.24, 2.45) is 7.05 Å². The normalized spacial score (nSPS) is 12.0. The summed E-state index contributed by atoms with van der Waals surface area (Å²) in [4.78, 5) is 12.5. The quantitative estimate of drug-likeness (QED) is 0.832. The number of aromatic nitrogens is 1. The van der Waals surface area contributed by atoms with Crippen LogP contribution in [0.5, 0.6) is 0 Å². The first-order valence-corrected chi connectivity index (χ1v) is 9.68. The van der Waals surface area contributed by atoms with E-state index in [0.29, 0.717) is 25.3 Å². The van der Waals surface area contributed by atoms with Gasteiger partial charge in [0, 0.05) is 37.6 Å². The number of nitrogens with one attached hydrogen (secondary N) is 1. The molecule has 1 N–H and O–H groups in total. The summed E-state index contributed by atoms with van der Waals surface area (Å²) in [5.74, 6) is -0.149. The third kappa shape index (κ3) is 3.32. The number of amides is 1. The molecule has 0 atom stereocenters. The van der Waals surface area contributed by atoms with Gasteiger partial charge in [0.25, 0.3) is 5.91 Å². The number of hydrogen-bond acceptors (Lipinski definition) is 3. The standard InChI is InChI=1S/C17H25N3O3S/c1-5-10-18-17(21)16-12-13-11-14(8-9-15(13)19(16)4)24(22,23)20(6-2)7-3/h8-9,11-12H,5-7,10H2,1-4H3,(H,18,21). The van der Waals surface area contributed by atoms with Crippen LogP contribution in [-0.4, -0.2) is 42.8 Å². The van der Waals surface area contributed by atoms with Crippen LogP contribution in [0.25, 0.3) is 10.9 Å². The average Bonchev–Trinajstić information content (AvgIpc) is 2.90. The Kier molecular flexibility index (Phi) is 5.66. The van der Waals surface area contributed by atoms with Crippen molar-refractivity contribution in [1.29, 1.82) is 0 Å². The summed E-state index contributed by atoms with van der Waals surface area (Å²) in [7, 11) is -1.70. The number of carbonyl (C=O) groups is 1. The molecule has 0 aliphatic rings. The number of hydrogen-bond donors (Lipinski definition) is 1.